The Hall–Kier alpha value is -1.58. The number of nitrogens with zero attached hydrogens (tertiary/aromatic N) is 1. The molecule has 1 aromatic carbocycles. The van der Waals surface area contributed by atoms with Crippen LogP contribution in [0.3, 0.4) is 0 Å². The van der Waals surface area contributed by atoms with Crippen LogP contribution in [-0.2, 0) is 15.9 Å². The number of carbonyl (C=O) groups excluding carboxylic acids is 1. The summed E-state index contributed by atoms with van der Waals surface area (Å²) in [5, 5.41) is 0. The molecule has 1 rings (SSSR count). The van der Waals surface area contributed by atoms with E-state index >= 15 is 0 Å². The van der Waals surface area contributed by atoms with Gasteiger partial charge < -0.3 is 0 Å². The first kappa shape index (κ1) is 10.5. The molecule has 3 nitrogen and oxygen atoms in total. The summed E-state index contributed by atoms with van der Waals surface area (Å²) < 4.78 is 10.0. The number of rotatable bonds is 5. The monoisotopic (exact) mass is 187 g/mol. The predicted octanol–water partition coefficient (Wildman–Crippen LogP) is 0.875. The first-order chi connectivity index (χ1) is 6.86. The zero-order valence-corrected chi connectivity index (χ0v) is 7.67. The number of hydrogen-bond acceptors (Lipinski definition) is 3. The maximum atomic E-state index is 10.6. The first-order valence-electron chi connectivity index (χ1n) is 4.33. The van der Waals surface area contributed by atoms with Crippen LogP contribution < -0.4 is 0 Å². The Morgan fingerprint density at radius 1 is 1.36 bits per heavy atom. The van der Waals surface area contributed by atoms with Crippen molar-refractivity contribution in [2.24, 2.45) is 4.99 Å². The molecule has 0 amide bonds. The van der Waals surface area contributed by atoms with Crippen LogP contribution in [0, 0.1) is 0 Å². The Labute approximate surface area is 83.1 Å². The Kier molecular flexibility index (Phi) is 4.48. The molecule has 0 spiro atoms. The third kappa shape index (κ3) is 3.43. The van der Waals surface area contributed by atoms with E-state index in [1.807, 2.05) is 30.3 Å². The van der Waals surface area contributed by atoms with Gasteiger partial charge in [-0.15, -0.1) is 0 Å². The molecule has 0 radical (unpaired) electrons. The van der Waals surface area contributed by atoms with Crippen molar-refractivity contribution in [1.29, 1.82) is 0 Å². The molecule has 0 aromatic heterocycles. The van der Waals surface area contributed by atoms with Crippen molar-refractivity contribution in [3.05, 3.63) is 35.9 Å². The Bertz CT molecular complexity index is 324. The quantitative estimate of drug-likeness (QED) is 0.390. The number of carbonyl (C=O) groups is 1. The summed E-state index contributed by atoms with van der Waals surface area (Å²) >= 11 is 0. The molecule has 0 saturated heterocycles. The molecule has 1 unspecified atom stereocenters. The molecule has 1 aromatic rings. The zero-order valence-electron chi connectivity index (χ0n) is 7.67. The van der Waals surface area contributed by atoms with Crippen molar-refractivity contribution >= 4 is 19.6 Å². The van der Waals surface area contributed by atoms with Gasteiger partial charge in [0.05, 0.1) is 0 Å². The van der Waals surface area contributed by atoms with Gasteiger partial charge in [-0.25, -0.2) is 0 Å². The van der Waals surface area contributed by atoms with Crippen LogP contribution in [0.4, 0.5) is 0 Å². The second kappa shape index (κ2) is 5.97. The van der Waals surface area contributed by atoms with E-state index in [0.29, 0.717) is 13.6 Å². The molecule has 0 aliphatic carbocycles. The summed E-state index contributed by atoms with van der Waals surface area (Å²) in [6, 6.07) is 9.11. The van der Waals surface area contributed by atoms with E-state index in [4.69, 9.17) is 0 Å². The van der Waals surface area contributed by atoms with Crippen molar-refractivity contribution < 1.29 is 9.50 Å². The molecule has 0 saturated carbocycles. The van der Waals surface area contributed by atoms with Crippen LogP contribution in [0.25, 0.3) is 0 Å². The standard InChI is InChI=1S/C10H10BNO2/c13-7-10(12-8-11-14)6-9-4-2-1-3-5-9/h1-5,7-8,10H,6H2. The minimum atomic E-state index is -0.456. The molecule has 0 fully saturated rings. The topological polar surface area (TPSA) is 46.5 Å². The number of aldehydes is 1. The van der Waals surface area contributed by atoms with Crippen LogP contribution in [0.15, 0.2) is 35.3 Å². The fraction of sp³-hybridized carbons (Fsp3) is 0.200. The number of benzene rings is 1. The summed E-state index contributed by atoms with van der Waals surface area (Å²) in [5.41, 5.74) is 1.03. The zero-order chi connectivity index (χ0) is 10.2. The van der Waals surface area contributed by atoms with Crippen LogP contribution in [0.5, 0.6) is 0 Å². The molecule has 0 bridgehead atoms. The maximum absolute atomic E-state index is 10.6. The third-order valence-corrected chi connectivity index (χ3v) is 1.78. The van der Waals surface area contributed by atoms with Gasteiger partial charge in [0.2, 0.25) is 0 Å². The van der Waals surface area contributed by atoms with Gasteiger partial charge >= 0.3 is 82.4 Å². The van der Waals surface area contributed by atoms with Crippen molar-refractivity contribution in [1.82, 2.24) is 0 Å². The van der Waals surface area contributed by atoms with Crippen molar-refractivity contribution in [2.75, 3.05) is 0 Å². The SMILES string of the molecule is O=BC=NC(C=O)Cc1ccccc1. The van der Waals surface area contributed by atoms with E-state index in [9.17, 15) is 9.50 Å². The van der Waals surface area contributed by atoms with Gasteiger partial charge in [-0.05, 0) is 0 Å². The van der Waals surface area contributed by atoms with E-state index < -0.39 is 6.04 Å². The van der Waals surface area contributed by atoms with Crippen LogP contribution in [0.2, 0.25) is 0 Å². The average Bonchev–Trinajstić information content (AvgIpc) is 2.25. The van der Waals surface area contributed by atoms with Gasteiger partial charge in [0, 0.05) is 0 Å². The Morgan fingerprint density at radius 2 is 2.07 bits per heavy atom. The second-order valence-corrected chi connectivity index (χ2v) is 2.83. The summed E-state index contributed by atoms with van der Waals surface area (Å²) in [7, 11) is 0.571. The summed E-state index contributed by atoms with van der Waals surface area (Å²) in [6.07, 6.45) is 2.39. The first-order valence-corrected chi connectivity index (χ1v) is 4.33. The van der Waals surface area contributed by atoms with Crippen molar-refractivity contribution in [2.45, 2.75) is 12.5 Å². The fourth-order valence-electron chi connectivity index (χ4n) is 1.14. The molecule has 0 aliphatic rings. The van der Waals surface area contributed by atoms with Gasteiger partial charge in [0.15, 0.2) is 0 Å². The van der Waals surface area contributed by atoms with Crippen LogP contribution in [-0.4, -0.2) is 25.6 Å². The van der Waals surface area contributed by atoms with Crippen molar-refractivity contribution in [3.63, 3.8) is 0 Å². The van der Waals surface area contributed by atoms with E-state index in [1.165, 1.54) is 0 Å². The molecular formula is C10H10BNO2. The fourth-order valence-corrected chi connectivity index (χ4v) is 1.14. The van der Waals surface area contributed by atoms with E-state index in [-0.39, 0.29) is 0 Å². The molecule has 0 N–H and O–H groups in total. The van der Waals surface area contributed by atoms with Gasteiger partial charge in [0.25, 0.3) is 0 Å². The molecule has 70 valence electrons. The van der Waals surface area contributed by atoms with Crippen LogP contribution in [0.1, 0.15) is 5.56 Å². The van der Waals surface area contributed by atoms with E-state index in [1.54, 1.807) is 0 Å². The molecule has 0 aliphatic heterocycles. The Morgan fingerprint density at radius 3 is 2.64 bits per heavy atom. The molecule has 1 atom stereocenters. The van der Waals surface area contributed by atoms with Crippen LogP contribution >= 0.6 is 0 Å². The van der Waals surface area contributed by atoms with Gasteiger partial charge in [-0.3, -0.25) is 0 Å². The minimum absolute atomic E-state index is 0.456. The normalized spacial score (nSPS) is 12.3. The second-order valence-electron chi connectivity index (χ2n) is 2.83. The summed E-state index contributed by atoms with van der Waals surface area (Å²) in [6.45, 7) is 0. The summed E-state index contributed by atoms with van der Waals surface area (Å²) in [5.74, 6) is 0. The summed E-state index contributed by atoms with van der Waals surface area (Å²) in [4.78, 5) is 14.4. The Balaban J connectivity index is 2.61. The van der Waals surface area contributed by atoms with Crippen molar-refractivity contribution in [3.8, 4) is 0 Å². The van der Waals surface area contributed by atoms with Gasteiger partial charge in [-0.1, -0.05) is 0 Å². The molecular weight excluding hydrogens is 177 g/mol. The third-order valence-electron chi connectivity index (χ3n) is 1.78. The average molecular weight is 187 g/mol. The molecule has 14 heavy (non-hydrogen) atoms. The van der Waals surface area contributed by atoms with E-state index in [0.717, 1.165) is 18.0 Å². The number of aliphatic imine (C=N–C) groups is 1. The van der Waals surface area contributed by atoms with Gasteiger partial charge in [0.1, 0.15) is 0 Å². The molecule has 4 heteroatoms. The number of hydrogen-bond donors (Lipinski definition) is 0. The predicted molar refractivity (Wildman–Crippen MR) is 54.9 cm³/mol. The molecule has 0 heterocycles. The van der Waals surface area contributed by atoms with E-state index in [2.05, 4.69) is 4.99 Å². The van der Waals surface area contributed by atoms with Gasteiger partial charge in [-0.2, -0.15) is 0 Å².